The van der Waals surface area contributed by atoms with E-state index in [1.165, 1.54) is 32.8 Å². The van der Waals surface area contributed by atoms with Crippen molar-refractivity contribution in [1.82, 2.24) is 0 Å². The van der Waals surface area contributed by atoms with Crippen molar-refractivity contribution >= 4 is 29.0 Å². The zero-order chi connectivity index (χ0) is 34.0. The van der Waals surface area contributed by atoms with Crippen LogP contribution in [0.25, 0.3) is 0 Å². The van der Waals surface area contributed by atoms with Crippen LogP contribution in [0.2, 0.25) is 0 Å². The van der Waals surface area contributed by atoms with Gasteiger partial charge in [0.2, 0.25) is 5.91 Å². The van der Waals surface area contributed by atoms with E-state index in [1.54, 1.807) is 30.3 Å². The molecule has 1 atom stereocenters. The van der Waals surface area contributed by atoms with E-state index in [9.17, 15) is 14.4 Å². The van der Waals surface area contributed by atoms with Crippen LogP contribution < -0.4 is 15.0 Å². The summed E-state index contributed by atoms with van der Waals surface area (Å²) in [5.41, 5.74) is 3.45. The Balaban J connectivity index is 1.31. The molecule has 4 rings (SSSR count). The summed E-state index contributed by atoms with van der Waals surface area (Å²) in [6.07, 6.45) is 8.50. The van der Waals surface area contributed by atoms with E-state index in [4.69, 9.17) is 9.47 Å². The third kappa shape index (κ3) is 11.1. The minimum Gasteiger partial charge on any atom is -0.494 e. The third-order valence-corrected chi connectivity index (χ3v) is 8.29. The summed E-state index contributed by atoms with van der Waals surface area (Å²) in [5.74, 6) is 0.316. The Labute approximate surface area is 285 Å². The lowest BCUT2D eigenvalue weighted by Crippen LogP contribution is -2.33. The molecule has 0 fully saturated rings. The van der Waals surface area contributed by atoms with Crippen LogP contribution in [0.4, 0.5) is 11.4 Å². The van der Waals surface area contributed by atoms with Crippen LogP contribution in [0.5, 0.6) is 5.75 Å². The van der Waals surface area contributed by atoms with Gasteiger partial charge >= 0.3 is 5.97 Å². The molecule has 0 heterocycles. The number of ketones is 1. The summed E-state index contributed by atoms with van der Waals surface area (Å²) < 4.78 is 11.1. The second kappa shape index (κ2) is 19.7. The number of nitrogens with one attached hydrogen (secondary N) is 1. The standard InChI is InChI=1S/C41H48N2O5/c1-3-4-5-6-7-14-24-39(44)43(34-20-12-9-13-21-34)29-17-30-48-35-27-25-32(26-28-35)31-38(41(46)47-2)42-37-23-16-15-22-36(37)40(45)33-18-10-8-11-19-33/h8-13,15-16,18-23,25-28,38,42H,3-7,14,17,24,29-31H2,1-2H3. The van der Waals surface area contributed by atoms with E-state index >= 15 is 0 Å². The number of methoxy groups -OCH3 is 1. The molecule has 4 aromatic carbocycles. The lowest BCUT2D eigenvalue weighted by Gasteiger charge is -2.23. The Kier molecular flexibility index (Phi) is 14.7. The lowest BCUT2D eigenvalue weighted by atomic mass is 10.00. The maximum Gasteiger partial charge on any atom is 0.328 e. The maximum absolute atomic E-state index is 13.2. The molecule has 0 bridgehead atoms. The highest BCUT2D eigenvalue weighted by atomic mass is 16.5. The fraction of sp³-hybridized carbons (Fsp3) is 0.341. The van der Waals surface area contributed by atoms with Gasteiger partial charge in [-0.15, -0.1) is 0 Å². The van der Waals surface area contributed by atoms with E-state index in [2.05, 4.69) is 12.2 Å². The van der Waals surface area contributed by atoms with Crippen LogP contribution in [-0.4, -0.2) is 44.0 Å². The van der Waals surface area contributed by atoms with Crippen molar-refractivity contribution in [3.05, 3.63) is 126 Å². The summed E-state index contributed by atoms with van der Waals surface area (Å²) >= 11 is 0. The number of nitrogens with zero attached hydrogens (tertiary/aromatic N) is 1. The number of benzene rings is 4. The third-order valence-electron chi connectivity index (χ3n) is 8.29. The fourth-order valence-electron chi connectivity index (χ4n) is 5.64. The number of carbonyl (C=O) groups is 3. The molecular formula is C41H48N2O5. The highest BCUT2D eigenvalue weighted by molar-refractivity contribution is 6.12. The van der Waals surface area contributed by atoms with Gasteiger partial charge in [-0.1, -0.05) is 112 Å². The van der Waals surface area contributed by atoms with Crippen molar-refractivity contribution in [2.75, 3.05) is 30.5 Å². The average molecular weight is 649 g/mol. The predicted molar refractivity (Wildman–Crippen MR) is 193 cm³/mol. The Morgan fingerprint density at radius 1 is 0.729 bits per heavy atom. The fourth-order valence-corrected chi connectivity index (χ4v) is 5.64. The normalized spacial score (nSPS) is 11.4. The molecule has 7 heteroatoms. The molecule has 252 valence electrons. The van der Waals surface area contributed by atoms with Gasteiger partial charge in [0.25, 0.3) is 0 Å². The average Bonchev–Trinajstić information content (AvgIpc) is 3.13. The Bertz CT molecular complexity index is 1560. The second-order valence-corrected chi connectivity index (χ2v) is 11.9. The van der Waals surface area contributed by atoms with Crippen LogP contribution in [0.15, 0.2) is 109 Å². The van der Waals surface area contributed by atoms with Crippen LogP contribution in [-0.2, 0) is 20.7 Å². The number of rotatable bonds is 20. The molecule has 1 unspecified atom stereocenters. The predicted octanol–water partition coefficient (Wildman–Crippen LogP) is 8.67. The van der Waals surface area contributed by atoms with Crippen molar-refractivity contribution < 1.29 is 23.9 Å². The smallest absolute Gasteiger partial charge is 0.328 e. The number of esters is 1. The summed E-state index contributed by atoms with van der Waals surface area (Å²) in [5, 5.41) is 3.25. The molecule has 4 aromatic rings. The topological polar surface area (TPSA) is 84.9 Å². The van der Waals surface area contributed by atoms with Crippen molar-refractivity contribution in [3.8, 4) is 5.75 Å². The van der Waals surface area contributed by atoms with E-state index in [1.807, 2.05) is 83.8 Å². The molecule has 1 N–H and O–H groups in total. The zero-order valence-electron chi connectivity index (χ0n) is 28.2. The second-order valence-electron chi connectivity index (χ2n) is 11.9. The highest BCUT2D eigenvalue weighted by Gasteiger charge is 2.23. The van der Waals surface area contributed by atoms with E-state index < -0.39 is 12.0 Å². The highest BCUT2D eigenvalue weighted by Crippen LogP contribution is 2.23. The molecule has 0 aliphatic rings. The molecule has 7 nitrogen and oxygen atoms in total. The lowest BCUT2D eigenvalue weighted by molar-refractivity contribution is -0.141. The Hall–Kier alpha value is -4.91. The first-order valence-electron chi connectivity index (χ1n) is 17.1. The number of hydrogen-bond acceptors (Lipinski definition) is 6. The Morgan fingerprint density at radius 2 is 1.38 bits per heavy atom. The van der Waals surface area contributed by atoms with Crippen molar-refractivity contribution in [2.24, 2.45) is 0 Å². The van der Waals surface area contributed by atoms with Crippen LogP contribution >= 0.6 is 0 Å². The molecule has 0 saturated heterocycles. The first-order valence-corrected chi connectivity index (χ1v) is 17.1. The van der Waals surface area contributed by atoms with Crippen LogP contribution in [0.3, 0.4) is 0 Å². The number of anilines is 2. The quantitative estimate of drug-likeness (QED) is 0.0587. The SMILES string of the molecule is CCCCCCCCC(=O)N(CCCOc1ccc(CC(Nc2ccccc2C(=O)c2ccccc2)C(=O)OC)cc1)c1ccccc1. The van der Waals surface area contributed by atoms with Crippen molar-refractivity contribution in [3.63, 3.8) is 0 Å². The van der Waals surface area contributed by atoms with Gasteiger partial charge < -0.3 is 19.7 Å². The maximum atomic E-state index is 13.2. The summed E-state index contributed by atoms with van der Waals surface area (Å²) in [6, 6.07) is 33.0. The number of ether oxygens (including phenoxy) is 2. The van der Waals surface area contributed by atoms with Gasteiger partial charge in [0.1, 0.15) is 11.8 Å². The van der Waals surface area contributed by atoms with Crippen molar-refractivity contribution in [1.29, 1.82) is 0 Å². The van der Waals surface area contributed by atoms with Crippen LogP contribution in [0, 0.1) is 0 Å². The first kappa shape index (κ1) is 35.9. The number of carbonyl (C=O) groups excluding carboxylic acids is 3. The monoisotopic (exact) mass is 648 g/mol. The molecular weight excluding hydrogens is 600 g/mol. The summed E-state index contributed by atoms with van der Waals surface area (Å²) in [6.45, 7) is 3.25. The molecule has 0 aliphatic heterocycles. The molecule has 0 saturated carbocycles. The minimum atomic E-state index is -0.704. The van der Waals surface area contributed by atoms with Crippen LogP contribution in [0.1, 0.15) is 79.8 Å². The van der Waals surface area contributed by atoms with E-state index in [-0.39, 0.29) is 11.7 Å². The van der Waals surface area contributed by atoms with Gasteiger partial charge in [0.05, 0.1) is 13.7 Å². The zero-order valence-corrected chi connectivity index (χ0v) is 28.2. The number of para-hydroxylation sites is 2. The minimum absolute atomic E-state index is 0.127. The van der Waals surface area contributed by atoms with Gasteiger partial charge in [0.15, 0.2) is 5.78 Å². The van der Waals surface area contributed by atoms with Gasteiger partial charge in [-0.2, -0.15) is 0 Å². The first-order chi connectivity index (χ1) is 23.5. The molecule has 0 radical (unpaired) electrons. The molecule has 1 amide bonds. The molecule has 0 aromatic heterocycles. The van der Waals surface area contributed by atoms with Gasteiger partial charge in [0, 0.05) is 41.9 Å². The number of amides is 1. The van der Waals surface area contributed by atoms with E-state index in [0.717, 1.165) is 24.1 Å². The van der Waals surface area contributed by atoms with E-state index in [0.29, 0.717) is 55.0 Å². The molecule has 0 aliphatic carbocycles. The molecule has 0 spiro atoms. The molecule has 48 heavy (non-hydrogen) atoms. The number of unbranched alkanes of at least 4 members (excludes halogenated alkanes) is 5. The van der Waals surface area contributed by atoms with Gasteiger partial charge in [-0.25, -0.2) is 4.79 Å². The van der Waals surface area contributed by atoms with Gasteiger partial charge in [-0.3, -0.25) is 9.59 Å². The summed E-state index contributed by atoms with van der Waals surface area (Å²) in [4.78, 5) is 41.1. The number of hydrogen-bond donors (Lipinski definition) is 1. The Morgan fingerprint density at radius 3 is 2.08 bits per heavy atom. The summed E-state index contributed by atoms with van der Waals surface area (Å²) in [7, 11) is 1.36. The van der Waals surface area contributed by atoms with Gasteiger partial charge in [-0.05, 0) is 54.8 Å². The van der Waals surface area contributed by atoms with Crippen molar-refractivity contribution in [2.45, 2.75) is 70.8 Å². The largest absolute Gasteiger partial charge is 0.494 e.